The van der Waals surface area contributed by atoms with E-state index in [0.717, 1.165) is 11.1 Å². The fraction of sp³-hybridized carbons (Fsp3) is 0. The summed E-state index contributed by atoms with van der Waals surface area (Å²) < 4.78 is 10.9. The van der Waals surface area contributed by atoms with Crippen molar-refractivity contribution in [2.75, 3.05) is 0 Å². The smallest absolute Gasteiger partial charge is 0.344 e. The molecule has 2 heterocycles. The number of carbonyl (C=O) groups is 2. The van der Waals surface area contributed by atoms with Gasteiger partial charge in [0.1, 0.15) is 11.5 Å². The molecule has 3 aromatic rings. The molecule has 0 aliphatic carbocycles. The van der Waals surface area contributed by atoms with Crippen molar-refractivity contribution in [3.63, 3.8) is 0 Å². The molecule has 134 valence electrons. The van der Waals surface area contributed by atoms with E-state index in [0.29, 0.717) is 33.1 Å². The van der Waals surface area contributed by atoms with E-state index in [1.807, 2.05) is 66.7 Å². The van der Waals surface area contributed by atoms with Gasteiger partial charge in [-0.15, -0.1) is 0 Å². The van der Waals surface area contributed by atoms with Crippen LogP contribution < -0.4 is 19.9 Å². The lowest BCUT2D eigenvalue weighted by Crippen LogP contribution is -2.10. The standard InChI is InChI=1S/C24H14O4/c25-23-17(12-11-15-7-3-1-4-8-15)18-13-21-19(14-20(18)27-23)22(24(26)28-21)16-9-5-2-6-10-16/h1-14H. The van der Waals surface area contributed by atoms with Crippen LogP contribution in [0.3, 0.4) is 0 Å². The lowest BCUT2D eigenvalue weighted by molar-refractivity contribution is -0.128. The maximum Gasteiger partial charge on any atom is 0.344 e. The summed E-state index contributed by atoms with van der Waals surface area (Å²) in [4.78, 5) is 24.8. The zero-order valence-electron chi connectivity index (χ0n) is 14.7. The number of benzene rings is 3. The third-order valence-electron chi connectivity index (χ3n) is 4.78. The second-order valence-electron chi connectivity index (χ2n) is 6.52. The fourth-order valence-electron chi connectivity index (χ4n) is 3.44. The molecule has 2 aliphatic rings. The van der Waals surface area contributed by atoms with E-state index in [2.05, 4.69) is 0 Å². The van der Waals surface area contributed by atoms with E-state index < -0.39 is 11.9 Å². The summed E-state index contributed by atoms with van der Waals surface area (Å²) in [6, 6.07) is 22.4. The minimum Gasteiger partial charge on any atom is -0.422 e. The summed E-state index contributed by atoms with van der Waals surface area (Å²) in [6.07, 6.45) is 3.58. The number of hydrogen-bond acceptors (Lipinski definition) is 4. The van der Waals surface area contributed by atoms with Gasteiger partial charge in [0.15, 0.2) is 0 Å². The molecule has 0 fully saturated rings. The van der Waals surface area contributed by atoms with Crippen LogP contribution in [0.5, 0.6) is 11.5 Å². The zero-order valence-corrected chi connectivity index (χ0v) is 14.7. The van der Waals surface area contributed by atoms with Crippen molar-refractivity contribution in [2.45, 2.75) is 0 Å². The van der Waals surface area contributed by atoms with Gasteiger partial charge in [0.05, 0.1) is 11.1 Å². The molecule has 3 aromatic carbocycles. The average Bonchev–Trinajstić information content (AvgIpc) is 3.20. The molecule has 0 aromatic heterocycles. The van der Waals surface area contributed by atoms with E-state index in [1.165, 1.54) is 0 Å². The van der Waals surface area contributed by atoms with E-state index >= 15 is 0 Å². The minimum absolute atomic E-state index is 0.405. The van der Waals surface area contributed by atoms with Crippen LogP contribution in [0.15, 0.2) is 78.9 Å². The van der Waals surface area contributed by atoms with Gasteiger partial charge in [0.2, 0.25) is 0 Å². The molecule has 5 rings (SSSR count). The lowest BCUT2D eigenvalue weighted by atomic mass is 10.0. The monoisotopic (exact) mass is 366 g/mol. The van der Waals surface area contributed by atoms with Crippen molar-refractivity contribution in [3.05, 3.63) is 100 Å². The Kier molecular flexibility index (Phi) is 3.69. The number of ether oxygens (including phenoxy) is 2. The summed E-state index contributed by atoms with van der Waals surface area (Å²) in [6.45, 7) is 0. The molecule has 28 heavy (non-hydrogen) atoms. The van der Waals surface area contributed by atoms with Crippen molar-refractivity contribution in [1.29, 1.82) is 0 Å². The van der Waals surface area contributed by atoms with Gasteiger partial charge in [-0.05, 0) is 29.3 Å². The van der Waals surface area contributed by atoms with Gasteiger partial charge >= 0.3 is 11.9 Å². The second-order valence-corrected chi connectivity index (χ2v) is 6.52. The highest BCUT2D eigenvalue weighted by molar-refractivity contribution is 6.20. The molecular weight excluding hydrogens is 352 g/mol. The van der Waals surface area contributed by atoms with Gasteiger partial charge in [0, 0.05) is 10.4 Å². The van der Waals surface area contributed by atoms with Crippen LogP contribution in [0.25, 0.3) is 17.2 Å². The van der Waals surface area contributed by atoms with Crippen LogP contribution in [0.1, 0.15) is 11.1 Å². The Morgan fingerprint density at radius 3 is 2.00 bits per heavy atom. The van der Waals surface area contributed by atoms with Crippen LogP contribution in [0, 0.1) is 0 Å². The van der Waals surface area contributed by atoms with Crippen LogP contribution in [-0.2, 0) is 9.59 Å². The zero-order chi connectivity index (χ0) is 19.1. The Morgan fingerprint density at radius 2 is 1.25 bits per heavy atom. The SMILES string of the molecule is O=C1Oc2cc3c(cc2=C1C=Cc1ccccc1)OC(=O)C=3c1ccccc1. The number of fused-ring (bicyclic) bond motifs is 2. The first kappa shape index (κ1) is 16.3. The summed E-state index contributed by atoms with van der Waals surface area (Å²) in [5, 5.41) is 1.26. The second kappa shape index (κ2) is 6.35. The Balaban J connectivity index is 1.68. The maximum absolute atomic E-state index is 12.4. The highest BCUT2D eigenvalue weighted by Crippen LogP contribution is 2.25. The third-order valence-corrected chi connectivity index (χ3v) is 4.78. The highest BCUT2D eigenvalue weighted by Gasteiger charge is 2.28. The van der Waals surface area contributed by atoms with E-state index in [4.69, 9.17) is 9.47 Å². The molecular formula is C24H14O4. The van der Waals surface area contributed by atoms with Crippen LogP contribution in [0.2, 0.25) is 0 Å². The molecule has 0 N–H and O–H groups in total. The van der Waals surface area contributed by atoms with Crippen molar-refractivity contribution >= 4 is 29.2 Å². The number of esters is 2. The third kappa shape index (κ3) is 2.63. The van der Waals surface area contributed by atoms with Gasteiger partial charge in [-0.3, -0.25) is 0 Å². The molecule has 4 heteroatoms. The van der Waals surface area contributed by atoms with Crippen molar-refractivity contribution in [1.82, 2.24) is 0 Å². The molecule has 0 spiro atoms. The first-order valence-corrected chi connectivity index (χ1v) is 8.86. The van der Waals surface area contributed by atoms with Gasteiger partial charge in [0.25, 0.3) is 0 Å². The molecule has 4 nitrogen and oxygen atoms in total. The van der Waals surface area contributed by atoms with Crippen molar-refractivity contribution in [2.24, 2.45) is 0 Å². The Hall–Kier alpha value is -3.92. The minimum atomic E-state index is -0.418. The topological polar surface area (TPSA) is 52.6 Å². The summed E-state index contributed by atoms with van der Waals surface area (Å²) in [5.74, 6) is 0.0470. The van der Waals surface area contributed by atoms with Crippen LogP contribution >= 0.6 is 0 Å². The molecule has 0 saturated carbocycles. The van der Waals surface area contributed by atoms with E-state index in [9.17, 15) is 9.59 Å². The van der Waals surface area contributed by atoms with Crippen LogP contribution in [0.4, 0.5) is 0 Å². The Labute approximate surface area is 160 Å². The molecule has 2 aliphatic heterocycles. The normalized spacial score (nSPS) is 14.9. The van der Waals surface area contributed by atoms with Crippen molar-refractivity contribution in [3.8, 4) is 11.5 Å². The predicted molar refractivity (Wildman–Crippen MR) is 105 cm³/mol. The maximum atomic E-state index is 12.4. The quantitative estimate of drug-likeness (QED) is 0.528. The largest absolute Gasteiger partial charge is 0.422 e. The molecule has 0 radical (unpaired) electrons. The number of rotatable bonds is 3. The average molecular weight is 366 g/mol. The summed E-state index contributed by atoms with van der Waals surface area (Å²) >= 11 is 0. The first-order chi connectivity index (χ1) is 13.7. The molecule has 0 atom stereocenters. The Morgan fingerprint density at radius 1 is 0.643 bits per heavy atom. The van der Waals surface area contributed by atoms with Gasteiger partial charge < -0.3 is 9.47 Å². The molecule has 0 saturated heterocycles. The van der Waals surface area contributed by atoms with Gasteiger partial charge in [-0.2, -0.15) is 0 Å². The summed E-state index contributed by atoms with van der Waals surface area (Å²) in [5.41, 5.74) is 2.65. The fourth-order valence-corrected chi connectivity index (χ4v) is 3.44. The van der Waals surface area contributed by atoms with Gasteiger partial charge in [-0.1, -0.05) is 66.7 Å². The molecule has 0 unspecified atom stereocenters. The molecule has 0 amide bonds. The first-order valence-electron chi connectivity index (χ1n) is 8.86. The summed E-state index contributed by atoms with van der Waals surface area (Å²) in [7, 11) is 0. The van der Waals surface area contributed by atoms with E-state index in [1.54, 1.807) is 18.2 Å². The molecule has 0 bridgehead atoms. The lowest BCUT2D eigenvalue weighted by Gasteiger charge is -1.98. The highest BCUT2D eigenvalue weighted by atomic mass is 16.5. The number of carbonyl (C=O) groups excluding carboxylic acids is 2. The predicted octanol–water partition coefficient (Wildman–Crippen LogP) is 2.59. The van der Waals surface area contributed by atoms with Crippen LogP contribution in [-0.4, -0.2) is 11.9 Å². The Bertz CT molecular complexity index is 1270. The van der Waals surface area contributed by atoms with Gasteiger partial charge in [-0.25, -0.2) is 9.59 Å². The van der Waals surface area contributed by atoms with Crippen molar-refractivity contribution < 1.29 is 19.1 Å². The van der Waals surface area contributed by atoms with E-state index in [-0.39, 0.29) is 0 Å². The number of hydrogen-bond donors (Lipinski definition) is 0.